The van der Waals surface area contributed by atoms with E-state index in [9.17, 15) is 0 Å². The van der Waals surface area contributed by atoms with Gasteiger partial charge in [-0.25, -0.2) is 4.98 Å². The molecule has 2 heterocycles. The van der Waals surface area contributed by atoms with Crippen molar-refractivity contribution >= 4 is 5.96 Å². The van der Waals surface area contributed by atoms with Crippen molar-refractivity contribution in [2.24, 2.45) is 4.99 Å². The van der Waals surface area contributed by atoms with Gasteiger partial charge in [0, 0.05) is 32.0 Å². The van der Waals surface area contributed by atoms with Gasteiger partial charge in [-0.05, 0) is 52.7 Å². The molecule has 0 spiro atoms. The minimum atomic E-state index is 0.0881. The van der Waals surface area contributed by atoms with Crippen molar-refractivity contribution < 1.29 is 4.42 Å². The van der Waals surface area contributed by atoms with Gasteiger partial charge in [-0.3, -0.25) is 4.99 Å². The van der Waals surface area contributed by atoms with Crippen LogP contribution in [0.15, 0.2) is 33.9 Å². The maximum absolute atomic E-state index is 5.67. The summed E-state index contributed by atoms with van der Waals surface area (Å²) >= 11 is 0. The summed E-state index contributed by atoms with van der Waals surface area (Å²) in [5, 5.41) is 6.68. The highest BCUT2D eigenvalue weighted by Crippen LogP contribution is 2.15. The average Bonchev–Trinajstić information content (AvgIpc) is 3.16. The fourth-order valence-electron chi connectivity index (χ4n) is 2.51. The smallest absolute Gasteiger partial charge is 0.191 e. The summed E-state index contributed by atoms with van der Waals surface area (Å²) < 4.78 is 7.84. The van der Waals surface area contributed by atoms with Gasteiger partial charge in [0.15, 0.2) is 5.96 Å². The van der Waals surface area contributed by atoms with Crippen molar-refractivity contribution in [3.8, 4) is 0 Å². The topological polar surface area (TPSA) is 67.4 Å². The largest absolute Gasteiger partial charge is 0.464 e. The Kier molecular flexibility index (Phi) is 6.90. The van der Waals surface area contributed by atoms with Crippen molar-refractivity contribution in [2.75, 3.05) is 13.1 Å². The van der Waals surface area contributed by atoms with Crippen LogP contribution in [0.1, 0.15) is 50.1 Å². The van der Waals surface area contributed by atoms with Crippen molar-refractivity contribution in [1.29, 1.82) is 0 Å². The lowest BCUT2D eigenvalue weighted by Gasteiger charge is -2.16. The number of unbranched alkanes of at least 4 members (excludes halogenated alkanes) is 1. The summed E-state index contributed by atoms with van der Waals surface area (Å²) in [5.74, 6) is 3.75. The molecule has 1 unspecified atom stereocenters. The highest BCUT2D eigenvalue weighted by atomic mass is 16.3. The standard InChI is InChI=1S/C18H29N5O/c1-5-19-18(22-15(3)17-9-8-14(2)24-17)21-10-6-7-12-23-13-11-20-16(23)4/h8-9,11,13,15H,5-7,10,12H2,1-4H3,(H2,19,21,22). The summed E-state index contributed by atoms with van der Waals surface area (Å²) in [5.41, 5.74) is 0. The number of aryl methyl sites for hydroxylation is 3. The maximum Gasteiger partial charge on any atom is 0.191 e. The number of furan rings is 1. The van der Waals surface area contributed by atoms with E-state index in [-0.39, 0.29) is 6.04 Å². The van der Waals surface area contributed by atoms with Gasteiger partial charge in [0.2, 0.25) is 0 Å². The lowest BCUT2D eigenvalue weighted by molar-refractivity contribution is 0.441. The molecule has 0 fully saturated rings. The molecule has 2 N–H and O–H groups in total. The van der Waals surface area contributed by atoms with E-state index >= 15 is 0 Å². The third-order valence-electron chi connectivity index (χ3n) is 3.89. The molecule has 2 aromatic heterocycles. The first kappa shape index (κ1) is 18.1. The third-order valence-corrected chi connectivity index (χ3v) is 3.89. The minimum Gasteiger partial charge on any atom is -0.464 e. The molecule has 0 amide bonds. The van der Waals surface area contributed by atoms with Crippen molar-refractivity contribution in [3.63, 3.8) is 0 Å². The van der Waals surface area contributed by atoms with Crippen LogP contribution in [-0.4, -0.2) is 28.6 Å². The van der Waals surface area contributed by atoms with Gasteiger partial charge in [0.25, 0.3) is 0 Å². The van der Waals surface area contributed by atoms with E-state index in [1.165, 1.54) is 0 Å². The summed E-state index contributed by atoms with van der Waals surface area (Å²) in [6, 6.07) is 4.07. The summed E-state index contributed by atoms with van der Waals surface area (Å²) in [7, 11) is 0. The SMILES string of the molecule is CCNC(=NCCCCn1ccnc1C)NC(C)c1ccc(C)o1. The Morgan fingerprint density at radius 1 is 1.33 bits per heavy atom. The van der Waals surface area contributed by atoms with Crippen LogP contribution in [0.2, 0.25) is 0 Å². The Balaban J connectivity index is 1.78. The van der Waals surface area contributed by atoms with Gasteiger partial charge >= 0.3 is 0 Å². The van der Waals surface area contributed by atoms with Crippen LogP contribution in [0.4, 0.5) is 0 Å². The van der Waals surface area contributed by atoms with Gasteiger partial charge < -0.3 is 19.6 Å². The molecule has 0 aliphatic carbocycles. The number of hydrogen-bond acceptors (Lipinski definition) is 3. The molecule has 6 nitrogen and oxygen atoms in total. The lowest BCUT2D eigenvalue weighted by atomic mass is 10.2. The van der Waals surface area contributed by atoms with Gasteiger partial charge in [-0.15, -0.1) is 0 Å². The van der Waals surface area contributed by atoms with E-state index in [1.54, 1.807) is 0 Å². The molecule has 132 valence electrons. The third kappa shape index (κ3) is 5.44. The van der Waals surface area contributed by atoms with Crippen LogP contribution in [0.5, 0.6) is 0 Å². The Bertz CT molecular complexity index is 643. The van der Waals surface area contributed by atoms with E-state index in [0.29, 0.717) is 0 Å². The van der Waals surface area contributed by atoms with Crippen LogP contribution in [0.3, 0.4) is 0 Å². The van der Waals surface area contributed by atoms with E-state index in [2.05, 4.69) is 39.0 Å². The van der Waals surface area contributed by atoms with Crippen LogP contribution < -0.4 is 10.6 Å². The quantitative estimate of drug-likeness (QED) is 0.443. The Hall–Kier alpha value is -2.24. The number of nitrogens with one attached hydrogen (secondary N) is 2. The second-order valence-electron chi connectivity index (χ2n) is 5.95. The predicted molar refractivity (Wildman–Crippen MR) is 97.2 cm³/mol. The first-order valence-corrected chi connectivity index (χ1v) is 8.69. The molecular weight excluding hydrogens is 302 g/mol. The van der Waals surface area contributed by atoms with Crippen LogP contribution >= 0.6 is 0 Å². The molecule has 0 saturated carbocycles. The van der Waals surface area contributed by atoms with Gasteiger partial charge in [0.1, 0.15) is 17.3 Å². The first-order valence-electron chi connectivity index (χ1n) is 8.69. The number of guanidine groups is 1. The predicted octanol–water partition coefficient (Wildman–Crippen LogP) is 3.19. The van der Waals surface area contributed by atoms with Crippen molar-refractivity contribution in [3.05, 3.63) is 41.9 Å². The summed E-state index contributed by atoms with van der Waals surface area (Å²) in [6.45, 7) is 10.8. The molecule has 2 rings (SSSR count). The fourth-order valence-corrected chi connectivity index (χ4v) is 2.51. The van der Waals surface area contributed by atoms with Crippen molar-refractivity contribution in [1.82, 2.24) is 20.2 Å². The van der Waals surface area contributed by atoms with Crippen molar-refractivity contribution in [2.45, 2.75) is 53.1 Å². The van der Waals surface area contributed by atoms with Crippen LogP contribution in [0.25, 0.3) is 0 Å². The second kappa shape index (κ2) is 9.15. The highest BCUT2D eigenvalue weighted by Gasteiger charge is 2.10. The first-order chi connectivity index (χ1) is 11.6. The minimum absolute atomic E-state index is 0.0881. The number of aliphatic imine (C=N–C) groups is 1. The summed E-state index contributed by atoms with van der Waals surface area (Å²) in [6.07, 6.45) is 6.01. The molecule has 1 atom stereocenters. The normalized spacial score (nSPS) is 13.1. The van der Waals surface area contributed by atoms with Gasteiger partial charge in [-0.2, -0.15) is 0 Å². The molecule has 0 aromatic carbocycles. The lowest BCUT2D eigenvalue weighted by Crippen LogP contribution is -2.38. The monoisotopic (exact) mass is 331 g/mol. The second-order valence-corrected chi connectivity index (χ2v) is 5.95. The molecule has 0 radical (unpaired) electrons. The molecule has 0 aliphatic rings. The fraction of sp³-hybridized carbons (Fsp3) is 0.556. The van der Waals surface area contributed by atoms with E-state index in [0.717, 1.165) is 55.8 Å². The van der Waals surface area contributed by atoms with E-state index in [1.807, 2.05) is 38.4 Å². The average molecular weight is 331 g/mol. The number of nitrogens with zero attached hydrogens (tertiary/aromatic N) is 3. The Morgan fingerprint density at radius 3 is 2.79 bits per heavy atom. The number of aromatic nitrogens is 2. The zero-order valence-electron chi connectivity index (χ0n) is 15.2. The van der Waals surface area contributed by atoms with Crippen LogP contribution in [0, 0.1) is 13.8 Å². The molecular formula is C18H29N5O. The molecule has 6 heteroatoms. The Morgan fingerprint density at radius 2 is 2.17 bits per heavy atom. The number of hydrogen-bond donors (Lipinski definition) is 2. The van der Waals surface area contributed by atoms with Crippen LogP contribution in [-0.2, 0) is 6.54 Å². The summed E-state index contributed by atoms with van der Waals surface area (Å²) in [4.78, 5) is 8.89. The van der Waals surface area contributed by atoms with Gasteiger partial charge in [0.05, 0.1) is 6.04 Å². The molecule has 24 heavy (non-hydrogen) atoms. The Labute approximate surface area is 144 Å². The zero-order valence-corrected chi connectivity index (χ0v) is 15.2. The van der Waals surface area contributed by atoms with E-state index in [4.69, 9.17) is 4.42 Å². The molecule has 0 saturated heterocycles. The number of imidazole rings is 1. The molecule has 0 bridgehead atoms. The van der Waals surface area contributed by atoms with Gasteiger partial charge in [-0.1, -0.05) is 0 Å². The zero-order chi connectivity index (χ0) is 17.4. The maximum atomic E-state index is 5.67. The molecule has 0 aliphatic heterocycles. The molecule has 2 aromatic rings. The number of rotatable bonds is 8. The highest BCUT2D eigenvalue weighted by molar-refractivity contribution is 5.80. The van der Waals surface area contributed by atoms with E-state index < -0.39 is 0 Å².